The van der Waals surface area contributed by atoms with Gasteiger partial charge in [0.25, 0.3) is 0 Å². The summed E-state index contributed by atoms with van der Waals surface area (Å²) in [5, 5.41) is 3.27. The lowest BCUT2D eigenvalue weighted by Gasteiger charge is -2.13. The first kappa shape index (κ1) is 17.8. The SMILES string of the molecule is Nc1cccc(SNc2nc3ccccc3nc2Nc2ccc(C=O)cc2)c1. The molecule has 0 radical (unpaired) electrons. The highest BCUT2D eigenvalue weighted by atomic mass is 32.2. The molecule has 0 spiro atoms. The molecule has 0 aliphatic heterocycles. The number of benzene rings is 3. The molecule has 1 aromatic heterocycles. The number of carbonyl (C=O) groups excluding carboxylic acids is 1. The number of carbonyl (C=O) groups is 1. The number of para-hydroxylation sites is 2. The number of aldehydes is 1. The lowest BCUT2D eigenvalue weighted by Crippen LogP contribution is -2.02. The van der Waals surface area contributed by atoms with Crippen molar-refractivity contribution in [2.75, 3.05) is 15.8 Å². The van der Waals surface area contributed by atoms with Gasteiger partial charge in [0, 0.05) is 21.8 Å². The molecule has 4 rings (SSSR count). The minimum Gasteiger partial charge on any atom is -0.399 e. The molecule has 7 heteroatoms. The molecular formula is C21H17N5OS. The molecule has 28 heavy (non-hydrogen) atoms. The normalized spacial score (nSPS) is 10.6. The number of nitrogens with one attached hydrogen (secondary N) is 2. The predicted molar refractivity (Wildman–Crippen MR) is 115 cm³/mol. The average molecular weight is 387 g/mol. The fourth-order valence-electron chi connectivity index (χ4n) is 2.63. The van der Waals surface area contributed by atoms with Gasteiger partial charge in [-0.05, 0) is 66.5 Å². The zero-order valence-electron chi connectivity index (χ0n) is 14.8. The van der Waals surface area contributed by atoms with Crippen LogP contribution in [0, 0.1) is 0 Å². The van der Waals surface area contributed by atoms with E-state index >= 15 is 0 Å². The van der Waals surface area contributed by atoms with Crippen LogP contribution in [0.4, 0.5) is 23.0 Å². The number of nitrogens with two attached hydrogens (primary N) is 1. The topological polar surface area (TPSA) is 92.9 Å². The van der Waals surface area contributed by atoms with Gasteiger partial charge >= 0.3 is 0 Å². The number of rotatable bonds is 6. The van der Waals surface area contributed by atoms with Crippen LogP contribution in [0.15, 0.2) is 77.7 Å². The number of anilines is 4. The van der Waals surface area contributed by atoms with Gasteiger partial charge in [-0.3, -0.25) is 4.79 Å². The molecule has 0 aliphatic rings. The second-order valence-corrected chi connectivity index (χ2v) is 6.93. The van der Waals surface area contributed by atoms with Gasteiger partial charge in [0.1, 0.15) is 6.29 Å². The van der Waals surface area contributed by atoms with Gasteiger partial charge in [0.15, 0.2) is 11.6 Å². The van der Waals surface area contributed by atoms with E-state index in [9.17, 15) is 4.79 Å². The summed E-state index contributed by atoms with van der Waals surface area (Å²) >= 11 is 1.41. The Kier molecular flexibility index (Phi) is 5.07. The average Bonchev–Trinajstić information content (AvgIpc) is 2.73. The molecule has 0 amide bonds. The largest absolute Gasteiger partial charge is 0.399 e. The molecule has 0 bridgehead atoms. The van der Waals surface area contributed by atoms with Crippen molar-refractivity contribution in [3.63, 3.8) is 0 Å². The van der Waals surface area contributed by atoms with E-state index in [2.05, 4.69) is 10.0 Å². The van der Waals surface area contributed by atoms with Gasteiger partial charge in [-0.2, -0.15) is 0 Å². The van der Waals surface area contributed by atoms with E-state index < -0.39 is 0 Å². The van der Waals surface area contributed by atoms with Gasteiger partial charge in [-0.15, -0.1) is 0 Å². The maximum Gasteiger partial charge on any atom is 0.180 e. The third-order valence-corrected chi connectivity index (χ3v) is 4.79. The first-order valence-electron chi connectivity index (χ1n) is 8.59. The number of nitrogens with zero attached hydrogens (tertiary/aromatic N) is 2. The van der Waals surface area contributed by atoms with E-state index in [1.807, 2.05) is 60.7 Å². The molecule has 4 N–H and O–H groups in total. The zero-order chi connectivity index (χ0) is 19.3. The Morgan fingerprint density at radius 2 is 1.57 bits per heavy atom. The van der Waals surface area contributed by atoms with Crippen molar-refractivity contribution in [1.82, 2.24) is 9.97 Å². The van der Waals surface area contributed by atoms with Gasteiger partial charge in [-0.1, -0.05) is 18.2 Å². The van der Waals surface area contributed by atoms with Crippen LogP contribution in [0.3, 0.4) is 0 Å². The zero-order valence-corrected chi connectivity index (χ0v) is 15.6. The smallest absolute Gasteiger partial charge is 0.180 e. The van der Waals surface area contributed by atoms with Crippen molar-refractivity contribution < 1.29 is 4.79 Å². The van der Waals surface area contributed by atoms with Crippen molar-refractivity contribution in [2.45, 2.75) is 4.90 Å². The molecule has 6 nitrogen and oxygen atoms in total. The van der Waals surface area contributed by atoms with Crippen LogP contribution < -0.4 is 15.8 Å². The molecular weight excluding hydrogens is 370 g/mol. The Hall–Kier alpha value is -3.58. The highest BCUT2D eigenvalue weighted by Crippen LogP contribution is 2.29. The van der Waals surface area contributed by atoms with Gasteiger partial charge in [0.2, 0.25) is 0 Å². The van der Waals surface area contributed by atoms with E-state index in [-0.39, 0.29) is 0 Å². The lowest BCUT2D eigenvalue weighted by molar-refractivity contribution is 0.112. The van der Waals surface area contributed by atoms with E-state index in [0.717, 1.165) is 27.9 Å². The third-order valence-electron chi connectivity index (χ3n) is 4.00. The van der Waals surface area contributed by atoms with E-state index in [4.69, 9.17) is 15.7 Å². The molecule has 0 fully saturated rings. The van der Waals surface area contributed by atoms with Crippen molar-refractivity contribution >= 4 is 52.3 Å². The van der Waals surface area contributed by atoms with E-state index in [1.54, 1.807) is 12.1 Å². The first-order chi connectivity index (χ1) is 13.7. The summed E-state index contributed by atoms with van der Waals surface area (Å²) in [6, 6.07) is 22.4. The predicted octanol–water partition coefficient (Wildman–Crippen LogP) is 4.89. The van der Waals surface area contributed by atoms with Crippen molar-refractivity contribution in [2.24, 2.45) is 0 Å². The number of hydrogen-bond donors (Lipinski definition) is 3. The molecule has 0 saturated heterocycles. The molecule has 4 aromatic rings. The van der Waals surface area contributed by atoms with Gasteiger partial charge in [-0.25, -0.2) is 9.97 Å². The fourth-order valence-corrected chi connectivity index (χ4v) is 3.32. The van der Waals surface area contributed by atoms with E-state index in [0.29, 0.717) is 22.9 Å². The van der Waals surface area contributed by atoms with Crippen molar-refractivity contribution in [3.8, 4) is 0 Å². The van der Waals surface area contributed by atoms with Gasteiger partial charge in [0.05, 0.1) is 11.0 Å². The number of hydrogen-bond acceptors (Lipinski definition) is 7. The molecule has 0 unspecified atom stereocenters. The second kappa shape index (κ2) is 7.98. The van der Waals surface area contributed by atoms with Crippen LogP contribution >= 0.6 is 11.9 Å². The maximum absolute atomic E-state index is 10.9. The highest BCUT2D eigenvalue weighted by molar-refractivity contribution is 8.00. The van der Waals surface area contributed by atoms with Crippen LogP contribution in [0.5, 0.6) is 0 Å². The minimum atomic E-state index is 0.592. The van der Waals surface area contributed by atoms with E-state index in [1.165, 1.54) is 11.9 Å². The summed E-state index contributed by atoms with van der Waals surface area (Å²) in [4.78, 5) is 21.2. The van der Waals surface area contributed by atoms with Crippen molar-refractivity contribution in [3.05, 3.63) is 78.4 Å². The molecule has 0 atom stereocenters. The Bertz CT molecular complexity index is 1130. The Morgan fingerprint density at radius 1 is 0.857 bits per heavy atom. The van der Waals surface area contributed by atoms with Crippen LogP contribution in [0.2, 0.25) is 0 Å². The Morgan fingerprint density at radius 3 is 2.25 bits per heavy atom. The number of aromatic nitrogens is 2. The monoisotopic (exact) mass is 387 g/mol. The Labute approximate surface area is 166 Å². The molecule has 3 aromatic carbocycles. The number of fused-ring (bicyclic) bond motifs is 1. The molecule has 0 saturated carbocycles. The van der Waals surface area contributed by atoms with Crippen LogP contribution in [0.1, 0.15) is 10.4 Å². The highest BCUT2D eigenvalue weighted by Gasteiger charge is 2.10. The quantitative estimate of drug-likeness (QED) is 0.246. The summed E-state index contributed by atoms with van der Waals surface area (Å²) in [5.41, 5.74) is 9.56. The lowest BCUT2D eigenvalue weighted by atomic mass is 10.2. The van der Waals surface area contributed by atoms with Crippen LogP contribution in [-0.4, -0.2) is 16.3 Å². The van der Waals surface area contributed by atoms with Crippen molar-refractivity contribution in [1.29, 1.82) is 0 Å². The standard InChI is InChI=1S/C21H17N5OS/c22-15-4-3-5-17(12-15)28-26-21-20(23-16-10-8-14(13-27)9-11-16)24-18-6-1-2-7-19(18)25-21/h1-13H,22H2,(H,23,24)(H,25,26). The Balaban J connectivity index is 1.66. The minimum absolute atomic E-state index is 0.592. The van der Waals surface area contributed by atoms with Crippen LogP contribution in [-0.2, 0) is 0 Å². The van der Waals surface area contributed by atoms with Crippen LogP contribution in [0.25, 0.3) is 11.0 Å². The summed E-state index contributed by atoms with van der Waals surface area (Å²) in [6.07, 6.45) is 0.814. The summed E-state index contributed by atoms with van der Waals surface area (Å²) in [5.74, 6) is 1.19. The van der Waals surface area contributed by atoms with Gasteiger partial charge < -0.3 is 15.8 Å². The molecule has 0 aliphatic carbocycles. The molecule has 138 valence electrons. The summed E-state index contributed by atoms with van der Waals surface area (Å²) in [7, 11) is 0. The summed E-state index contributed by atoms with van der Waals surface area (Å²) in [6.45, 7) is 0. The summed E-state index contributed by atoms with van der Waals surface area (Å²) < 4.78 is 3.26. The third kappa shape index (κ3) is 4.05. The number of nitrogen functional groups attached to an aromatic ring is 1. The fraction of sp³-hybridized carbons (Fsp3) is 0. The molecule has 1 heterocycles. The first-order valence-corrected chi connectivity index (χ1v) is 9.40. The maximum atomic E-state index is 10.9. The second-order valence-electron chi connectivity index (χ2n) is 6.05.